The van der Waals surface area contributed by atoms with Gasteiger partial charge in [-0.1, -0.05) is 72.4 Å². The molecule has 2 aromatic rings. The van der Waals surface area contributed by atoms with Crippen LogP contribution in [0.4, 0.5) is 5.69 Å². The lowest BCUT2D eigenvalue weighted by Gasteiger charge is -2.32. The van der Waals surface area contributed by atoms with Gasteiger partial charge in [0.1, 0.15) is 12.6 Å². The van der Waals surface area contributed by atoms with Crippen molar-refractivity contribution < 1.29 is 18.0 Å². The molecule has 35 heavy (non-hydrogen) atoms. The van der Waals surface area contributed by atoms with E-state index < -0.39 is 28.5 Å². The average Bonchev–Trinajstić information content (AvgIpc) is 2.78. The fraction of sp³-hybridized carbons (Fsp3) is 0.417. The van der Waals surface area contributed by atoms with Crippen LogP contribution in [0.3, 0.4) is 0 Å². The molecule has 0 aromatic heterocycles. The summed E-state index contributed by atoms with van der Waals surface area (Å²) in [6.07, 6.45) is 2.68. The summed E-state index contributed by atoms with van der Waals surface area (Å²) in [6, 6.07) is 9.26. The maximum absolute atomic E-state index is 13.6. The summed E-state index contributed by atoms with van der Waals surface area (Å²) in [5, 5.41) is 3.10. The van der Waals surface area contributed by atoms with Crippen molar-refractivity contribution in [2.24, 2.45) is 0 Å². The van der Waals surface area contributed by atoms with Crippen LogP contribution in [0, 0.1) is 6.92 Å². The Morgan fingerprint density at radius 2 is 1.69 bits per heavy atom. The van der Waals surface area contributed by atoms with Gasteiger partial charge >= 0.3 is 0 Å². The molecule has 2 amide bonds. The minimum Gasteiger partial charge on any atom is -0.354 e. The molecule has 0 aliphatic carbocycles. The van der Waals surface area contributed by atoms with E-state index in [1.165, 1.54) is 17.0 Å². The van der Waals surface area contributed by atoms with Crippen molar-refractivity contribution in [3.8, 4) is 0 Å². The Bertz CT molecular complexity index is 1170. The number of anilines is 1. The maximum Gasteiger partial charge on any atom is 0.244 e. The summed E-state index contributed by atoms with van der Waals surface area (Å²) in [6.45, 7) is 5.57. The number of amides is 2. The predicted molar refractivity (Wildman–Crippen MR) is 143 cm³/mol. The molecule has 0 radical (unpaired) electrons. The first-order chi connectivity index (χ1) is 16.4. The van der Waals surface area contributed by atoms with Gasteiger partial charge in [0.25, 0.3) is 0 Å². The van der Waals surface area contributed by atoms with Crippen molar-refractivity contribution in [3.63, 3.8) is 0 Å². The monoisotopic (exact) mass is 561 g/mol. The van der Waals surface area contributed by atoms with Gasteiger partial charge in [0.15, 0.2) is 0 Å². The zero-order valence-corrected chi connectivity index (χ0v) is 23.2. The van der Waals surface area contributed by atoms with Crippen LogP contribution in [0.15, 0.2) is 36.4 Å². The minimum atomic E-state index is -3.94. The predicted octanol–water partition coefficient (Wildman–Crippen LogP) is 5.05. The summed E-state index contributed by atoms with van der Waals surface area (Å²) < 4.78 is 26.2. The number of sulfonamides is 1. The molecule has 0 saturated carbocycles. The number of halogens is 3. The molecule has 0 aliphatic heterocycles. The van der Waals surface area contributed by atoms with Gasteiger partial charge < -0.3 is 10.2 Å². The van der Waals surface area contributed by atoms with Crippen LogP contribution >= 0.6 is 34.8 Å². The molecular weight excluding hydrogens is 533 g/mol. The van der Waals surface area contributed by atoms with E-state index in [1.807, 2.05) is 38.1 Å². The van der Waals surface area contributed by atoms with Gasteiger partial charge in [0, 0.05) is 13.1 Å². The summed E-state index contributed by atoms with van der Waals surface area (Å²) in [5.74, 6) is -0.891. The number of rotatable bonds is 11. The molecule has 0 heterocycles. The van der Waals surface area contributed by atoms with Gasteiger partial charge in [-0.25, -0.2) is 8.42 Å². The lowest BCUT2D eigenvalue weighted by atomic mass is 10.1. The number of hydrogen-bond donors (Lipinski definition) is 1. The molecule has 11 heteroatoms. The van der Waals surface area contributed by atoms with Crippen molar-refractivity contribution in [2.75, 3.05) is 23.7 Å². The SMILES string of the molecule is CCCCNC(=O)C(C)N(Cc1ccccc1C)C(=O)CN(c1cc(Cl)c(Cl)cc1Cl)S(C)(=O)=O. The highest BCUT2D eigenvalue weighted by Crippen LogP contribution is 2.35. The van der Waals surface area contributed by atoms with Crippen molar-refractivity contribution >= 4 is 62.3 Å². The zero-order valence-electron chi connectivity index (χ0n) is 20.1. The summed E-state index contributed by atoms with van der Waals surface area (Å²) in [5.41, 5.74) is 1.80. The highest BCUT2D eigenvalue weighted by molar-refractivity contribution is 7.92. The number of unbranched alkanes of at least 4 members (excludes halogenated alkanes) is 1. The van der Waals surface area contributed by atoms with Crippen LogP contribution in [0.5, 0.6) is 0 Å². The average molecular weight is 563 g/mol. The Labute approximate surface area is 222 Å². The molecule has 192 valence electrons. The molecule has 0 aliphatic rings. The van der Waals surface area contributed by atoms with Crippen LogP contribution in [0.1, 0.15) is 37.8 Å². The minimum absolute atomic E-state index is 0.0211. The Morgan fingerprint density at radius 1 is 1.06 bits per heavy atom. The second-order valence-electron chi connectivity index (χ2n) is 8.26. The number of nitrogens with zero attached hydrogens (tertiary/aromatic N) is 2. The van der Waals surface area contributed by atoms with Gasteiger partial charge in [0.05, 0.1) is 27.0 Å². The van der Waals surface area contributed by atoms with E-state index in [4.69, 9.17) is 34.8 Å². The summed E-state index contributed by atoms with van der Waals surface area (Å²) >= 11 is 18.3. The number of nitrogens with one attached hydrogen (secondary N) is 1. The van der Waals surface area contributed by atoms with Crippen molar-refractivity contribution in [1.29, 1.82) is 0 Å². The molecule has 1 unspecified atom stereocenters. The molecule has 0 saturated heterocycles. The number of hydrogen-bond acceptors (Lipinski definition) is 4. The third-order valence-electron chi connectivity index (χ3n) is 5.54. The van der Waals surface area contributed by atoms with Gasteiger partial charge in [0.2, 0.25) is 21.8 Å². The van der Waals surface area contributed by atoms with Crippen molar-refractivity contribution in [2.45, 2.75) is 46.2 Å². The number of carbonyl (C=O) groups is 2. The van der Waals surface area contributed by atoms with E-state index in [0.29, 0.717) is 6.54 Å². The number of carbonyl (C=O) groups excluding carboxylic acids is 2. The van der Waals surface area contributed by atoms with Gasteiger partial charge in [-0.15, -0.1) is 0 Å². The lowest BCUT2D eigenvalue weighted by Crippen LogP contribution is -2.51. The smallest absolute Gasteiger partial charge is 0.244 e. The standard InChI is InChI=1S/C24H30Cl3N3O4S/c1-5-6-11-28-24(32)17(3)29(14-18-10-8-7-9-16(18)2)23(31)15-30(35(4,33)34)22-13-20(26)19(25)12-21(22)27/h7-10,12-13,17H,5-6,11,14-15H2,1-4H3,(H,28,32). The number of aryl methyl sites for hydroxylation is 1. The third kappa shape index (κ3) is 8.00. The van der Waals surface area contributed by atoms with E-state index >= 15 is 0 Å². The molecule has 1 atom stereocenters. The Hall–Kier alpha value is -2.00. The first-order valence-corrected chi connectivity index (χ1v) is 14.1. The van der Waals surface area contributed by atoms with E-state index in [2.05, 4.69) is 5.32 Å². The Morgan fingerprint density at radius 3 is 2.29 bits per heavy atom. The maximum atomic E-state index is 13.6. The first kappa shape index (κ1) is 29.2. The number of benzene rings is 2. The van der Waals surface area contributed by atoms with E-state index in [9.17, 15) is 18.0 Å². The molecule has 2 aromatic carbocycles. The quantitative estimate of drug-likeness (QED) is 0.307. The van der Waals surface area contributed by atoms with Crippen molar-refractivity contribution in [3.05, 3.63) is 62.6 Å². The fourth-order valence-corrected chi connectivity index (χ4v) is 4.93. The van der Waals surface area contributed by atoms with E-state index in [1.54, 1.807) is 6.92 Å². The van der Waals surface area contributed by atoms with Crippen LogP contribution in [0.25, 0.3) is 0 Å². The zero-order chi connectivity index (χ0) is 26.3. The van der Waals surface area contributed by atoms with Crippen LogP contribution in [0.2, 0.25) is 15.1 Å². The highest BCUT2D eigenvalue weighted by atomic mass is 35.5. The molecule has 0 bridgehead atoms. The topological polar surface area (TPSA) is 86.8 Å². The highest BCUT2D eigenvalue weighted by Gasteiger charge is 2.31. The van der Waals surface area contributed by atoms with E-state index in [0.717, 1.165) is 34.5 Å². The molecule has 0 fully saturated rings. The van der Waals surface area contributed by atoms with Crippen LogP contribution < -0.4 is 9.62 Å². The second-order valence-corrected chi connectivity index (χ2v) is 11.4. The first-order valence-electron chi connectivity index (χ1n) is 11.1. The largest absolute Gasteiger partial charge is 0.354 e. The third-order valence-corrected chi connectivity index (χ3v) is 7.69. The fourth-order valence-electron chi connectivity index (χ4n) is 3.39. The molecule has 0 spiro atoms. The Balaban J connectivity index is 2.43. The van der Waals surface area contributed by atoms with Gasteiger partial charge in [-0.2, -0.15) is 0 Å². The molecule has 7 nitrogen and oxygen atoms in total. The van der Waals surface area contributed by atoms with Crippen LogP contribution in [-0.4, -0.2) is 50.5 Å². The normalized spacial score (nSPS) is 12.2. The van der Waals surface area contributed by atoms with Gasteiger partial charge in [-0.05, 0) is 43.5 Å². The molecule has 2 rings (SSSR count). The van der Waals surface area contributed by atoms with Crippen LogP contribution in [-0.2, 0) is 26.2 Å². The molecule has 1 N–H and O–H groups in total. The summed E-state index contributed by atoms with van der Waals surface area (Å²) in [4.78, 5) is 27.8. The Kier molecular flexibility index (Phi) is 10.7. The summed E-state index contributed by atoms with van der Waals surface area (Å²) in [7, 11) is -3.94. The van der Waals surface area contributed by atoms with Crippen molar-refractivity contribution in [1.82, 2.24) is 10.2 Å². The lowest BCUT2D eigenvalue weighted by molar-refractivity contribution is -0.139. The second kappa shape index (κ2) is 12.8. The van der Waals surface area contributed by atoms with Gasteiger partial charge in [-0.3, -0.25) is 13.9 Å². The van der Waals surface area contributed by atoms with E-state index in [-0.39, 0.29) is 33.2 Å². The molecular formula is C24H30Cl3N3O4S.